The summed E-state index contributed by atoms with van der Waals surface area (Å²) in [4.78, 5) is 4.28. The Bertz CT molecular complexity index is 560. The number of unbranched alkanes of at least 4 members (excludes halogenated alkanes) is 12. The Kier molecular flexibility index (Phi) is 19.9. The first-order chi connectivity index (χ1) is 15.0. The maximum atomic E-state index is 12.0. The minimum atomic E-state index is 0. The van der Waals surface area contributed by atoms with E-state index in [0.29, 0.717) is 13.0 Å². The lowest BCUT2D eigenvalue weighted by atomic mass is 10.0. The van der Waals surface area contributed by atoms with Crippen molar-refractivity contribution in [1.82, 2.24) is 0 Å². The Balaban J connectivity index is 0.00000961. The highest BCUT2D eigenvalue weighted by atomic mass is 35.5. The Morgan fingerprint density at radius 3 is 1.78 bits per heavy atom. The number of halogens is 1. The molecule has 0 amide bonds. The van der Waals surface area contributed by atoms with Gasteiger partial charge in [-0.3, -0.25) is 0 Å². The van der Waals surface area contributed by atoms with Crippen molar-refractivity contribution >= 4 is 18.3 Å². The van der Waals surface area contributed by atoms with Crippen LogP contribution in [0.3, 0.4) is 0 Å². The van der Waals surface area contributed by atoms with Gasteiger partial charge >= 0.3 is 0 Å². The van der Waals surface area contributed by atoms with E-state index in [1.165, 1.54) is 82.6 Å². The van der Waals surface area contributed by atoms with Gasteiger partial charge in [0, 0.05) is 18.5 Å². The van der Waals surface area contributed by atoms with Gasteiger partial charge in [0.05, 0.1) is 20.6 Å². The minimum Gasteiger partial charge on any atom is -0.862 e. The molecule has 0 atom stereocenters. The van der Waals surface area contributed by atoms with Gasteiger partial charge in [0.1, 0.15) is 6.54 Å². The molecule has 0 bridgehead atoms. The summed E-state index contributed by atoms with van der Waals surface area (Å²) in [6.45, 7) is 5.02. The van der Waals surface area contributed by atoms with E-state index in [4.69, 9.17) is 0 Å². The fraction of sp³-hybridized carbons (Fsp3) is 0.750. The van der Waals surface area contributed by atoms with Gasteiger partial charge in [-0.15, -0.1) is 12.4 Å². The molecule has 0 radical (unpaired) electrons. The van der Waals surface area contributed by atoms with Gasteiger partial charge < -0.3 is 14.6 Å². The van der Waals surface area contributed by atoms with Gasteiger partial charge in [0.2, 0.25) is 0 Å². The van der Waals surface area contributed by atoms with Crippen molar-refractivity contribution in [3.05, 3.63) is 35.9 Å². The molecule has 0 spiro atoms. The molecule has 0 N–H and O–H groups in total. The fourth-order valence-corrected chi connectivity index (χ4v) is 4.23. The predicted octanol–water partition coefficient (Wildman–Crippen LogP) is 7.32. The Morgan fingerprint density at radius 2 is 1.25 bits per heavy atom. The monoisotopic (exact) mass is 466 g/mol. The summed E-state index contributed by atoms with van der Waals surface area (Å²) in [5, 5.41) is 12.0. The van der Waals surface area contributed by atoms with E-state index in [0.717, 1.165) is 30.4 Å². The molecule has 1 aromatic carbocycles. The molecule has 1 aromatic rings. The van der Waals surface area contributed by atoms with Crippen LogP contribution in [0.15, 0.2) is 35.3 Å². The first-order valence-corrected chi connectivity index (χ1v) is 13.1. The molecule has 3 nitrogen and oxygen atoms in total. The van der Waals surface area contributed by atoms with Gasteiger partial charge in [0.15, 0.2) is 0 Å². The predicted molar refractivity (Wildman–Crippen MR) is 142 cm³/mol. The normalized spacial score (nSPS) is 12.0. The van der Waals surface area contributed by atoms with Gasteiger partial charge in [-0.05, 0) is 18.7 Å². The van der Waals surface area contributed by atoms with Gasteiger partial charge in [-0.25, -0.2) is 0 Å². The Hall–Kier alpha value is -1.06. The van der Waals surface area contributed by atoms with E-state index in [2.05, 4.69) is 56.3 Å². The highest BCUT2D eigenvalue weighted by Crippen LogP contribution is 2.13. The highest BCUT2D eigenvalue weighted by molar-refractivity contribution is 5.85. The number of hydrogen-bond acceptors (Lipinski definition) is 2. The van der Waals surface area contributed by atoms with Crippen molar-refractivity contribution in [2.75, 3.05) is 27.2 Å². The summed E-state index contributed by atoms with van der Waals surface area (Å²) in [5.41, 5.74) is 1.36. The second-order valence-electron chi connectivity index (χ2n) is 9.92. The molecule has 1 rings (SSSR count). The van der Waals surface area contributed by atoms with Crippen LogP contribution in [0.25, 0.3) is 0 Å². The van der Waals surface area contributed by atoms with E-state index in [1.807, 2.05) is 0 Å². The number of benzene rings is 1. The third-order valence-corrected chi connectivity index (χ3v) is 6.16. The van der Waals surface area contributed by atoms with Crippen LogP contribution in [0.1, 0.15) is 109 Å². The van der Waals surface area contributed by atoms with Crippen LogP contribution < -0.4 is 5.11 Å². The number of hydrogen-bond donors (Lipinski definition) is 0. The van der Waals surface area contributed by atoms with Crippen LogP contribution in [-0.4, -0.2) is 37.6 Å². The minimum absolute atomic E-state index is 0. The maximum Gasteiger partial charge on any atom is 0.104 e. The second-order valence-corrected chi connectivity index (χ2v) is 9.92. The third kappa shape index (κ3) is 18.5. The number of aliphatic imine (C=N–C) groups is 1. The summed E-state index contributed by atoms with van der Waals surface area (Å²) < 4.78 is 0.937. The average molecular weight is 467 g/mol. The number of quaternary nitrogens is 1. The quantitative estimate of drug-likeness (QED) is 0.0857. The van der Waals surface area contributed by atoms with Gasteiger partial charge in [-0.1, -0.05) is 114 Å². The van der Waals surface area contributed by atoms with Crippen molar-refractivity contribution in [2.24, 2.45) is 4.99 Å². The zero-order valence-electron chi connectivity index (χ0n) is 21.3. The van der Waals surface area contributed by atoms with Crippen molar-refractivity contribution in [3.8, 4) is 0 Å². The van der Waals surface area contributed by atoms with Gasteiger partial charge in [0.25, 0.3) is 0 Å². The van der Waals surface area contributed by atoms with Crippen molar-refractivity contribution in [2.45, 2.75) is 110 Å². The van der Waals surface area contributed by atoms with Crippen LogP contribution in [0.5, 0.6) is 0 Å². The molecule has 0 aliphatic heterocycles. The van der Waals surface area contributed by atoms with E-state index >= 15 is 0 Å². The molecule has 0 fully saturated rings. The van der Waals surface area contributed by atoms with Crippen molar-refractivity contribution in [1.29, 1.82) is 0 Å². The molecule has 0 saturated carbocycles. The summed E-state index contributed by atoms with van der Waals surface area (Å²) in [7, 11) is 4.50. The summed E-state index contributed by atoms with van der Waals surface area (Å²) in [6, 6.07) is 10.6. The van der Waals surface area contributed by atoms with Crippen molar-refractivity contribution < 1.29 is 9.59 Å². The van der Waals surface area contributed by atoms with E-state index in [-0.39, 0.29) is 18.3 Å². The van der Waals surface area contributed by atoms with E-state index < -0.39 is 0 Å². The van der Waals surface area contributed by atoms with E-state index in [1.54, 1.807) is 0 Å². The molecule has 0 saturated heterocycles. The topological polar surface area (TPSA) is 35.4 Å². The number of nitrogens with zero attached hydrogens (tertiary/aromatic N) is 2. The molecule has 0 aromatic heterocycles. The lowest BCUT2D eigenvalue weighted by molar-refractivity contribution is -0.903. The lowest BCUT2D eigenvalue weighted by Crippen LogP contribution is -2.39. The Labute approximate surface area is 205 Å². The van der Waals surface area contributed by atoms with Crippen LogP contribution in [-0.2, 0) is 6.54 Å². The summed E-state index contributed by atoms with van der Waals surface area (Å²) >= 11 is 0. The molecule has 32 heavy (non-hydrogen) atoms. The molecule has 4 heteroatoms. The molecule has 0 unspecified atom stereocenters. The van der Waals surface area contributed by atoms with Crippen LogP contribution >= 0.6 is 12.4 Å². The third-order valence-electron chi connectivity index (χ3n) is 6.16. The SMILES string of the molecule is CCCCCCCCCCCCCCCC([O-])=NCCC[N+](C)(C)Cc1ccccc1.Cl. The first-order valence-electron chi connectivity index (χ1n) is 13.1. The fourth-order valence-electron chi connectivity index (χ4n) is 4.23. The summed E-state index contributed by atoms with van der Waals surface area (Å²) in [5.74, 6) is 0.108. The first kappa shape index (κ1) is 30.9. The Morgan fingerprint density at radius 1 is 0.750 bits per heavy atom. The molecule has 186 valence electrons. The molecule has 0 aliphatic rings. The smallest absolute Gasteiger partial charge is 0.104 e. The molecular weight excluding hydrogens is 416 g/mol. The highest BCUT2D eigenvalue weighted by Gasteiger charge is 2.14. The summed E-state index contributed by atoms with van der Waals surface area (Å²) in [6.07, 6.45) is 19.0. The van der Waals surface area contributed by atoms with Crippen LogP contribution in [0, 0.1) is 0 Å². The number of rotatable bonds is 20. The average Bonchev–Trinajstić information content (AvgIpc) is 2.75. The molecule has 0 aliphatic carbocycles. The molecule has 0 heterocycles. The van der Waals surface area contributed by atoms with Gasteiger partial charge in [-0.2, -0.15) is 0 Å². The molecular formula is C28H51ClN2O. The zero-order valence-corrected chi connectivity index (χ0v) is 22.1. The maximum absolute atomic E-state index is 12.0. The standard InChI is InChI=1S/C28H50N2O.ClH/c1-4-5-6-7-8-9-10-11-12-13-14-15-19-23-28(31)29-24-20-25-30(2,3)26-27-21-17-16-18-22-27;/h16-18,21-22H,4-15,19-20,23-26H2,1-3H3;1H. The lowest BCUT2D eigenvalue weighted by Gasteiger charge is -2.29. The second kappa shape index (κ2) is 20.5. The largest absolute Gasteiger partial charge is 0.862 e. The van der Waals surface area contributed by atoms with Crippen LogP contribution in [0.2, 0.25) is 0 Å². The van der Waals surface area contributed by atoms with E-state index in [9.17, 15) is 5.11 Å². The van der Waals surface area contributed by atoms with Crippen LogP contribution in [0.4, 0.5) is 0 Å². The zero-order chi connectivity index (χ0) is 22.6. The van der Waals surface area contributed by atoms with Crippen molar-refractivity contribution in [3.63, 3.8) is 0 Å².